The Hall–Kier alpha value is -2.44. The largest absolute Gasteiger partial charge is 0.370 e. The van der Waals surface area contributed by atoms with Gasteiger partial charge in [-0.3, -0.25) is 14.4 Å². The molecule has 6 nitrogen and oxygen atoms in total. The normalized spacial score (nSPS) is 15.5. The van der Waals surface area contributed by atoms with Gasteiger partial charge < -0.3 is 15.5 Å². The lowest BCUT2D eigenvalue weighted by Gasteiger charge is -2.37. The number of nitrogens with two attached hydrogens (primary N) is 1. The van der Waals surface area contributed by atoms with E-state index in [2.05, 4.69) is 0 Å². The molecule has 1 aromatic rings. The van der Waals surface area contributed by atoms with Crippen molar-refractivity contribution in [3.05, 3.63) is 30.1 Å². The zero-order valence-electron chi connectivity index (χ0n) is 16.2. The molecule has 2 N–H and O–H groups in total. The highest BCUT2D eigenvalue weighted by molar-refractivity contribution is 5.96. The second kappa shape index (κ2) is 8.50. The van der Waals surface area contributed by atoms with Crippen LogP contribution in [0.25, 0.3) is 0 Å². The third-order valence-electron chi connectivity index (χ3n) is 4.76. The molecule has 1 aromatic carbocycles. The van der Waals surface area contributed by atoms with Crippen molar-refractivity contribution in [3.8, 4) is 0 Å². The van der Waals surface area contributed by atoms with E-state index < -0.39 is 17.1 Å². The molecule has 1 heterocycles. The van der Waals surface area contributed by atoms with Crippen molar-refractivity contribution < 1.29 is 18.8 Å². The molecule has 0 radical (unpaired) electrons. The highest BCUT2D eigenvalue weighted by atomic mass is 19.1. The smallest absolute Gasteiger partial charge is 0.230 e. The van der Waals surface area contributed by atoms with Crippen LogP contribution in [0.3, 0.4) is 0 Å². The first-order valence-corrected chi connectivity index (χ1v) is 9.24. The Balaban J connectivity index is 2.08. The molecule has 1 aliphatic rings. The van der Waals surface area contributed by atoms with Crippen LogP contribution in [0.4, 0.5) is 10.1 Å². The van der Waals surface area contributed by atoms with E-state index in [9.17, 15) is 18.8 Å². The number of hydrogen-bond acceptors (Lipinski definition) is 3. The molecule has 0 saturated carbocycles. The number of anilines is 1. The fourth-order valence-corrected chi connectivity index (χ4v) is 3.23. The Morgan fingerprint density at radius 1 is 1.15 bits per heavy atom. The Morgan fingerprint density at radius 2 is 1.70 bits per heavy atom. The Kier molecular flexibility index (Phi) is 6.57. The number of piperidine rings is 1. The summed E-state index contributed by atoms with van der Waals surface area (Å²) in [4.78, 5) is 39.9. The summed E-state index contributed by atoms with van der Waals surface area (Å²) >= 11 is 0. The molecule has 0 atom stereocenters. The van der Waals surface area contributed by atoms with E-state index in [1.807, 2.05) is 20.8 Å². The number of primary amides is 1. The van der Waals surface area contributed by atoms with Gasteiger partial charge in [0, 0.05) is 43.1 Å². The van der Waals surface area contributed by atoms with Gasteiger partial charge in [-0.2, -0.15) is 0 Å². The number of likely N-dealkylation sites (tertiary alicyclic amines) is 1. The highest BCUT2D eigenvalue weighted by Gasteiger charge is 2.34. The van der Waals surface area contributed by atoms with Gasteiger partial charge in [0.1, 0.15) is 5.82 Å². The lowest BCUT2D eigenvalue weighted by atomic mass is 9.90. The van der Waals surface area contributed by atoms with Gasteiger partial charge in [-0.15, -0.1) is 0 Å². The maximum Gasteiger partial charge on any atom is 0.230 e. The number of carbonyl (C=O) groups is 3. The van der Waals surface area contributed by atoms with Gasteiger partial charge in [-0.25, -0.2) is 4.39 Å². The number of amides is 3. The summed E-state index contributed by atoms with van der Waals surface area (Å²) in [5.74, 6) is -1.18. The molecular weight excluding hydrogens is 349 g/mol. The van der Waals surface area contributed by atoms with Crippen LogP contribution in [0, 0.1) is 17.2 Å². The minimum atomic E-state index is -0.500. The number of nitrogens with zero attached hydrogens (tertiary/aromatic N) is 2. The summed E-state index contributed by atoms with van der Waals surface area (Å²) in [6.45, 7) is 6.85. The van der Waals surface area contributed by atoms with Gasteiger partial charge in [0.2, 0.25) is 17.7 Å². The second-order valence-corrected chi connectivity index (χ2v) is 8.00. The van der Waals surface area contributed by atoms with Crippen molar-refractivity contribution in [2.75, 3.05) is 24.5 Å². The van der Waals surface area contributed by atoms with Gasteiger partial charge >= 0.3 is 0 Å². The molecule has 0 aliphatic carbocycles. The summed E-state index contributed by atoms with van der Waals surface area (Å²) in [5.41, 5.74) is 5.32. The van der Waals surface area contributed by atoms with Crippen LogP contribution in [0.2, 0.25) is 0 Å². The fourth-order valence-electron chi connectivity index (χ4n) is 3.23. The first-order chi connectivity index (χ1) is 12.6. The molecule has 1 aliphatic heterocycles. The second-order valence-electron chi connectivity index (χ2n) is 8.00. The van der Waals surface area contributed by atoms with Crippen LogP contribution in [0.5, 0.6) is 0 Å². The van der Waals surface area contributed by atoms with Gasteiger partial charge in [0.25, 0.3) is 0 Å². The maximum atomic E-state index is 13.2. The minimum Gasteiger partial charge on any atom is -0.370 e. The van der Waals surface area contributed by atoms with E-state index in [0.29, 0.717) is 31.6 Å². The fraction of sp³-hybridized carbons (Fsp3) is 0.550. The summed E-state index contributed by atoms with van der Waals surface area (Å²) in [6.07, 6.45) is 1.16. The van der Waals surface area contributed by atoms with Crippen LogP contribution in [-0.4, -0.2) is 42.3 Å². The van der Waals surface area contributed by atoms with Crippen LogP contribution >= 0.6 is 0 Å². The SMILES string of the molecule is CC(C)(C)C(=O)N1CCC(C(=O)N(CCC(N)=O)c2ccc(F)cc2)CC1. The summed E-state index contributed by atoms with van der Waals surface area (Å²) < 4.78 is 13.2. The molecule has 27 heavy (non-hydrogen) atoms. The van der Waals surface area contributed by atoms with E-state index >= 15 is 0 Å². The molecule has 148 valence electrons. The zero-order chi connectivity index (χ0) is 20.2. The highest BCUT2D eigenvalue weighted by Crippen LogP contribution is 2.27. The van der Waals surface area contributed by atoms with Crippen LogP contribution in [0.1, 0.15) is 40.0 Å². The Bertz CT molecular complexity index is 689. The third kappa shape index (κ3) is 5.52. The lowest BCUT2D eigenvalue weighted by Crippen LogP contribution is -2.47. The predicted octanol–water partition coefficient (Wildman–Crippen LogP) is 2.32. The summed E-state index contributed by atoms with van der Waals surface area (Å²) in [7, 11) is 0. The Morgan fingerprint density at radius 3 is 2.19 bits per heavy atom. The predicted molar refractivity (Wildman–Crippen MR) is 101 cm³/mol. The molecule has 7 heteroatoms. The average Bonchev–Trinajstić information content (AvgIpc) is 2.61. The van der Waals surface area contributed by atoms with Crippen molar-refractivity contribution in [1.82, 2.24) is 4.90 Å². The minimum absolute atomic E-state index is 0.0322. The van der Waals surface area contributed by atoms with E-state index in [4.69, 9.17) is 5.73 Å². The topological polar surface area (TPSA) is 83.7 Å². The lowest BCUT2D eigenvalue weighted by molar-refractivity contribution is -0.142. The van der Waals surface area contributed by atoms with E-state index in [-0.39, 0.29) is 30.7 Å². The number of halogens is 1. The standard InChI is InChI=1S/C20H28FN3O3/c1-20(2,3)19(27)23-11-8-14(9-12-23)18(26)24(13-10-17(22)25)16-6-4-15(21)5-7-16/h4-7,14H,8-13H2,1-3H3,(H2,22,25). The number of hydrogen-bond donors (Lipinski definition) is 1. The van der Waals surface area contributed by atoms with Crippen molar-refractivity contribution >= 4 is 23.4 Å². The molecule has 0 spiro atoms. The van der Waals surface area contributed by atoms with E-state index in [1.165, 1.54) is 29.2 Å². The van der Waals surface area contributed by atoms with Crippen LogP contribution in [-0.2, 0) is 14.4 Å². The van der Waals surface area contributed by atoms with Crippen molar-refractivity contribution in [3.63, 3.8) is 0 Å². The van der Waals surface area contributed by atoms with E-state index in [1.54, 1.807) is 4.90 Å². The molecule has 1 saturated heterocycles. The zero-order valence-corrected chi connectivity index (χ0v) is 16.2. The molecule has 0 bridgehead atoms. The van der Waals surface area contributed by atoms with Gasteiger partial charge in [-0.05, 0) is 37.1 Å². The van der Waals surface area contributed by atoms with Crippen molar-refractivity contribution in [1.29, 1.82) is 0 Å². The van der Waals surface area contributed by atoms with Crippen LogP contribution < -0.4 is 10.6 Å². The number of benzene rings is 1. The third-order valence-corrected chi connectivity index (χ3v) is 4.76. The molecule has 0 unspecified atom stereocenters. The summed E-state index contributed by atoms with van der Waals surface area (Å²) in [6, 6.07) is 5.61. The van der Waals surface area contributed by atoms with Gasteiger partial charge in [0.05, 0.1) is 0 Å². The van der Waals surface area contributed by atoms with Crippen molar-refractivity contribution in [2.45, 2.75) is 40.0 Å². The first kappa shape index (κ1) is 20.9. The molecular formula is C20H28FN3O3. The number of rotatable bonds is 5. The first-order valence-electron chi connectivity index (χ1n) is 9.24. The average molecular weight is 377 g/mol. The molecule has 0 aromatic heterocycles. The van der Waals surface area contributed by atoms with Crippen molar-refractivity contribution in [2.24, 2.45) is 17.1 Å². The number of carbonyl (C=O) groups excluding carboxylic acids is 3. The quantitative estimate of drug-likeness (QED) is 0.855. The van der Waals surface area contributed by atoms with E-state index in [0.717, 1.165) is 0 Å². The van der Waals surface area contributed by atoms with Crippen LogP contribution in [0.15, 0.2) is 24.3 Å². The maximum absolute atomic E-state index is 13.2. The Labute approximate surface area is 159 Å². The molecule has 2 rings (SSSR count). The van der Waals surface area contributed by atoms with Gasteiger partial charge in [0.15, 0.2) is 0 Å². The monoisotopic (exact) mass is 377 g/mol. The van der Waals surface area contributed by atoms with Gasteiger partial charge in [-0.1, -0.05) is 20.8 Å². The summed E-state index contributed by atoms with van der Waals surface area (Å²) in [5, 5.41) is 0. The molecule has 3 amide bonds. The molecule has 1 fully saturated rings.